The van der Waals surface area contributed by atoms with Crippen LogP contribution < -0.4 is 15.5 Å². The molecule has 0 aliphatic rings. The number of halogens is 2. The summed E-state index contributed by atoms with van der Waals surface area (Å²) in [5.74, 6) is -2.30. The van der Waals surface area contributed by atoms with E-state index in [1.807, 2.05) is 31.2 Å². The lowest BCUT2D eigenvalue weighted by Crippen LogP contribution is -2.32. The molecule has 0 aliphatic carbocycles. The molecule has 3 aromatic carbocycles. The SMILES string of the molecule is Cc1ccc(NC(=O)C(=O)NN=Cc2ccccc2OC(=O)c2sc3ccccc3c2Cl)cc1Cl. The molecule has 1 heterocycles. The Bertz CT molecular complexity index is 1480. The largest absolute Gasteiger partial charge is 0.422 e. The number of thiophene rings is 1. The Morgan fingerprint density at radius 2 is 1.71 bits per heavy atom. The van der Waals surface area contributed by atoms with E-state index in [9.17, 15) is 14.4 Å². The maximum Gasteiger partial charge on any atom is 0.355 e. The first kappa shape index (κ1) is 24.4. The molecule has 0 spiro atoms. The molecule has 2 N–H and O–H groups in total. The number of para-hydroxylation sites is 1. The van der Waals surface area contributed by atoms with Gasteiger partial charge in [-0.3, -0.25) is 9.59 Å². The highest BCUT2D eigenvalue weighted by atomic mass is 35.5. The van der Waals surface area contributed by atoms with E-state index in [-0.39, 0.29) is 10.6 Å². The number of hydrazone groups is 1. The Kier molecular flexibility index (Phi) is 7.45. The maximum absolute atomic E-state index is 12.8. The number of benzene rings is 3. The number of hydrogen-bond acceptors (Lipinski definition) is 6. The van der Waals surface area contributed by atoms with Gasteiger partial charge in [0, 0.05) is 26.4 Å². The molecule has 0 fully saturated rings. The molecule has 0 saturated carbocycles. The Labute approximate surface area is 214 Å². The third kappa shape index (κ3) is 5.68. The molecule has 0 bridgehead atoms. The highest BCUT2D eigenvalue weighted by Crippen LogP contribution is 2.36. The van der Waals surface area contributed by atoms with Gasteiger partial charge in [-0.15, -0.1) is 11.3 Å². The van der Waals surface area contributed by atoms with Crippen LogP contribution in [0.1, 0.15) is 20.8 Å². The van der Waals surface area contributed by atoms with Crippen molar-refractivity contribution in [1.29, 1.82) is 0 Å². The van der Waals surface area contributed by atoms with E-state index in [4.69, 9.17) is 27.9 Å². The van der Waals surface area contributed by atoms with Crippen LogP contribution in [-0.2, 0) is 9.59 Å². The second-order valence-electron chi connectivity index (χ2n) is 7.29. The predicted molar refractivity (Wildman–Crippen MR) is 139 cm³/mol. The number of aryl methyl sites for hydroxylation is 1. The standard InChI is InChI=1S/C25H17Cl2N3O4S/c1-14-10-11-16(12-18(14)26)29-23(31)24(32)30-28-13-15-6-2-4-8-19(15)34-25(33)22-21(27)17-7-3-5-9-20(17)35-22/h2-13H,1H3,(H,29,31)(H,30,32). The normalized spacial score (nSPS) is 10.9. The van der Waals surface area contributed by atoms with Gasteiger partial charge in [-0.1, -0.05) is 59.6 Å². The van der Waals surface area contributed by atoms with Crippen LogP contribution in [0.2, 0.25) is 10.0 Å². The number of ether oxygens (including phenoxy) is 1. The van der Waals surface area contributed by atoms with Crippen LogP contribution in [0.4, 0.5) is 5.69 Å². The topological polar surface area (TPSA) is 96.9 Å². The van der Waals surface area contributed by atoms with E-state index in [0.29, 0.717) is 21.3 Å². The van der Waals surface area contributed by atoms with E-state index < -0.39 is 17.8 Å². The molecule has 0 radical (unpaired) electrons. The molecular formula is C25H17Cl2N3O4S. The van der Waals surface area contributed by atoms with Crippen LogP contribution in [0.15, 0.2) is 71.8 Å². The molecule has 35 heavy (non-hydrogen) atoms. The zero-order chi connectivity index (χ0) is 24.9. The van der Waals surface area contributed by atoms with Gasteiger partial charge >= 0.3 is 17.8 Å². The molecule has 2 amide bonds. The fraction of sp³-hybridized carbons (Fsp3) is 0.0400. The summed E-state index contributed by atoms with van der Waals surface area (Å²) in [6.07, 6.45) is 1.27. The highest BCUT2D eigenvalue weighted by Gasteiger charge is 2.20. The van der Waals surface area contributed by atoms with Crippen LogP contribution in [0.5, 0.6) is 5.75 Å². The molecule has 10 heteroatoms. The van der Waals surface area contributed by atoms with E-state index in [1.165, 1.54) is 17.6 Å². The maximum atomic E-state index is 12.8. The van der Waals surface area contributed by atoms with Crippen molar-refractivity contribution < 1.29 is 19.1 Å². The molecule has 4 aromatic rings. The fourth-order valence-corrected chi connectivity index (χ4v) is 4.61. The van der Waals surface area contributed by atoms with Crippen molar-refractivity contribution in [2.24, 2.45) is 5.10 Å². The zero-order valence-corrected chi connectivity index (χ0v) is 20.5. The molecular weight excluding hydrogens is 509 g/mol. The van der Waals surface area contributed by atoms with Crippen LogP contribution in [0.3, 0.4) is 0 Å². The lowest BCUT2D eigenvalue weighted by molar-refractivity contribution is -0.136. The van der Waals surface area contributed by atoms with Crippen molar-refractivity contribution in [3.8, 4) is 5.75 Å². The molecule has 0 saturated heterocycles. The third-order valence-electron chi connectivity index (χ3n) is 4.85. The zero-order valence-electron chi connectivity index (χ0n) is 18.2. The Hall–Kier alpha value is -3.72. The summed E-state index contributed by atoms with van der Waals surface area (Å²) < 4.78 is 6.41. The Morgan fingerprint density at radius 3 is 2.49 bits per heavy atom. The number of carbonyl (C=O) groups excluding carboxylic acids is 3. The van der Waals surface area contributed by atoms with Crippen LogP contribution in [0.25, 0.3) is 10.1 Å². The molecule has 1 aromatic heterocycles. The van der Waals surface area contributed by atoms with Crippen LogP contribution >= 0.6 is 34.5 Å². The average molecular weight is 526 g/mol. The minimum atomic E-state index is -0.982. The van der Waals surface area contributed by atoms with E-state index in [2.05, 4.69) is 15.8 Å². The summed E-state index contributed by atoms with van der Waals surface area (Å²) in [5.41, 5.74) is 3.77. The van der Waals surface area contributed by atoms with Gasteiger partial charge < -0.3 is 10.1 Å². The number of nitrogens with zero attached hydrogens (tertiary/aromatic N) is 1. The number of fused-ring (bicyclic) bond motifs is 1. The predicted octanol–water partition coefficient (Wildman–Crippen LogP) is 5.82. The Balaban J connectivity index is 1.42. The molecule has 0 atom stereocenters. The van der Waals surface area contributed by atoms with Crippen molar-refractivity contribution in [2.75, 3.05) is 5.32 Å². The number of amides is 2. The first-order valence-electron chi connectivity index (χ1n) is 10.2. The van der Waals surface area contributed by atoms with Crippen molar-refractivity contribution in [2.45, 2.75) is 6.92 Å². The first-order chi connectivity index (χ1) is 16.8. The monoisotopic (exact) mass is 525 g/mol. The van der Waals surface area contributed by atoms with Crippen molar-refractivity contribution >= 4 is 74.3 Å². The molecule has 0 aliphatic heterocycles. The molecule has 0 unspecified atom stereocenters. The van der Waals surface area contributed by atoms with Gasteiger partial charge in [0.15, 0.2) is 0 Å². The van der Waals surface area contributed by atoms with Gasteiger partial charge in [-0.05, 0) is 42.8 Å². The van der Waals surface area contributed by atoms with Gasteiger partial charge in [-0.25, -0.2) is 10.2 Å². The molecule has 176 valence electrons. The highest BCUT2D eigenvalue weighted by molar-refractivity contribution is 7.21. The lowest BCUT2D eigenvalue weighted by atomic mass is 10.2. The Morgan fingerprint density at radius 1 is 0.971 bits per heavy atom. The summed E-state index contributed by atoms with van der Waals surface area (Å²) in [5, 5.41) is 7.81. The molecule has 4 rings (SSSR count). The summed E-state index contributed by atoms with van der Waals surface area (Å²) in [4.78, 5) is 37.2. The first-order valence-corrected chi connectivity index (χ1v) is 11.8. The lowest BCUT2D eigenvalue weighted by Gasteiger charge is -2.07. The fourth-order valence-electron chi connectivity index (χ4n) is 3.04. The van der Waals surface area contributed by atoms with E-state index in [0.717, 1.165) is 15.6 Å². The minimum Gasteiger partial charge on any atom is -0.422 e. The number of nitrogens with one attached hydrogen (secondary N) is 2. The molecule has 7 nitrogen and oxygen atoms in total. The number of rotatable bonds is 5. The van der Waals surface area contributed by atoms with Gasteiger partial charge in [0.2, 0.25) is 0 Å². The third-order valence-corrected chi connectivity index (χ3v) is 6.91. The van der Waals surface area contributed by atoms with Gasteiger partial charge in [-0.2, -0.15) is 5.10 Å². The van der Waals surface area contributed by atoms with E-state index in [1.54, 1.807) is 42.5 Å². The van der Waals surface area contributed by atoms with E-state index >= 15 is 0 Å². The van der Waals surface area contributed by atoms with Crippen molar-refractivity contribution in [1.82, 2.24) is 5.43 Å². The summed E-state index contributed by atoms with van der Waals surface area (Å²) in [7, 11) is 0. The summed E-state index contributed by atoms with van der Waals surface area (Å²) in [6.45, 7) is 1.82. The van der Waals surface area contributed by atoms with Crippen LogP contribution in [0, 0.1) is 6.92 Å². The van der Waals surface area contributed by atoms with Crippen molar-refractivity contribution in [3.05, 3.63) is 92.8 Å². The minimum absolute atomic E-state index is 0.211. The summed E-state index contributed by atoms with van der Waals surface area (Å²) >= 11 is 13.6. The van der Waals surface area contributed by atoms with Crippen molar-refractivity contribution in [3.63, 3.8) is 0 Å². The smallest absolute Gasteiger partial charge is 0.355 e. The van der Waals surface area contributed by atoms with Gasteiger partial charge in [0.05, 0.1) is 11.2 Å². The number of hydrogen-bond donors (Lipinski definition) is 2. The second-order valence-corrected chi connectivity index (χ2v) is 9.12. The average Bonchev–Trinajstić information content (AvgIpc) is 3.19. The second kappa shape index (κ2) is 10.7. The number of esters is 1. The van der Waals surface area contributed by atoms with Crippen LogP contribution in [-0.4, -0.2) is 24.0 Å². The van der Waals surface area contributed by atoms with Gasteiger partial charge in [0.1, 0.15) is 10.6 Å². The quantitative estimate of drug-likeness (QED) is 0.113. The van der Waals surface area contributed by atoms with Gasteiger partial charge in [0.25, 0.3) is 0 Å². The summed E-state index contributed by atoms with van der Waals surface area (Å²) in [6, 6.07) is 18.9. The number of carbonyl (C=O) groups is 3. The number of anilines is 1.